The highest BCUT2D eigenvalue weighted by Crippen LogP contribution is 2.63. The van der Waals surface area contributed by atoms with Crippen LogP contribution in [0.25, 0.3) is 0 Å². The van der Waals surface area contributed by atoms with E-state index >= 15 is 0 Å². The average molecular weight is 346 g/mol. The third-order valence-corrected chi connectivity index (χ3v) is 7.28. The first-order valence-electron chi connectivity index (χ1n) is 9.34. The number of hydrogen-bond donors (Lipinski definition) is 1. The number of aliphatic hydroxyl groups is 1. The summed E-state index contributed by atoms with van der Waals surface area (Å²) in [6.45, 7) is 3.32. The Hall–Kier alpha value is -1.62. The van der Waals surface area contributed by atoms with Gasteiger partial charge in [-0.1, -0.05) is 13.0 Å². The molecule has 25 heavy (non-hydrogen) atoms. The Morgan fingerprint density at radius 1 is 1.28 bits per heavy atom. The summed E-state index contributed by atoms with van der Waals surface area (Å²) in [5.74, 6) is 0.149. The van der Waals surface area contributed by atoms with E-state index in [1.54, 1.807) is 6.08 Å². The first-order chi connectivity index (χ1) is 12.0. The molecule has 4 atom stereocenters. The molecule has 0 radical (unpaired) electrons. The maximum atomic E-state index is 12.2. The molecule has 2 aliphatic heterocycles. The van der Waals surface area contributed by atoms with Crippen LogP contribution in [0.2, 0.25) is 0 Å². The number of carbonyl (C=O) groups is 2. The van der Waals surface area contributed by atoms with E-state index in [-0.39, 0.29) is 35.3 Å². The summed E-state index contributed by atoms with van der Waals surface area (Å²) in [4.78, 5) is 23.5. The van der Waals surface area contributed by atoms with Crippen LogP contribution in [-0.4, -0.2) is 36.9 Å². The van der Waals surface area contributed by atoms with E-state index in [2.05, 4.69) is 13.0 Å². The molecule has 0 aromatic carbocycles. The smallest absolute Gasteiger partial charge is 0.334 e. The summed E-state index contributed by atoms with van der Waals surface area (Å²) in [5, 5.41) is 10.0. The molecule has 2 fully saturated rings. The van der Waals surface area contributed by atoms with Crippen LogP contribution in [0.4, 0.5) is 0 Å². The molecule has 136 valence electrons. The molecule has 0 unspecified atom stereocenters. The Bertz CT molecular complexity index is 663. The Labute approximate surface area is 148 Å². The van der Waals surface area contributed by atoms with Crippen molar-refractivity contribution >= 4 is 11.9 Å². The van der Waals surface area contributed by atoms with Crippen molar-refractivity contribution in [2.45, 2.75) is 45.4 Å². The van der Waals surface area contributed by atoms with Crippen LogP contribution in [0.15, 0.2) is 23.3 Å². The van der Waals surface area contributed by atoms with Gasteiger partial charge in [-0.2, -0.15) is 0 Å². The van der Waals surface area contributed by atoms with E-state index in [0.717, 1.165) is 49.7 Å². The quantitative estimate of drug-likeness (QED) is 0.792. The summed E-state index contributed by atoms with van der Waals surface area (Å²) in [7, 11) is 0. The van der Waals surface area contributed by atoms with Gasteiger partial charge in [0.15, 0.2) is 0 Å². The zero-order valence-electron chi connectivity index (χ0n) is 14.8. The molecular weight excluding hydrogens is 320 g/mol. The minimum Gasteiger partial charge on any atom is -0.461 e. The molecule has 2 aliphatic carbocycles. The first kappa shape index (κ1) is 16.8. The van der Waals surface area contributed by atoms with Crippen LogP contribution in [0.1, 0.15) is 45.4 Å². The zero-order chi connectivity index (χ0) is 17.7. The predicted molar refractivity (Wildman–Crippen MR) is 90.4 cm³/mol. The van der Waals surface area contributed by atoms with Crippen LogP contribution >= 0.6 is 0 Å². The topological polar surface area (TPSA) is 72.8 Å². The first-order valence-corrected chi connectivity index (χ1v) is 9.34. The van der Waals surface area contributed by atoms with E-state index in [1.165, 1.54) is 0 Å². The van der Waals surface area contributed by atoms with Gasteiger partial charge in [-0.25, -0.2) is 9.59 Å². The highest BCUT2D eigenvalue weighted by atomic mass is 16.5. The van der Waals surface area contributed by atoms with Crippen molar-refractivity contribution in [3.05, 3.63) is 23.3 Å². The lowest BCUT2D eigenvalue weighted by Gasteiger charge is -2.57. The lowest BCUT2D eigenvalue weighted by Crippen LogP contribution is -2.53. The number of cyclic esters (lactones) is 2. The molecule has 0 aromatic heterocycles. The monoisotopic (exact) mass is 346 g/mol. The summed E-state index contributed by atoms with van der Waals surface area (Å²) in [6.07, 6.45) is 9.14. The molecule has 4 rings (SSSR count). The Balaban J connectivity index is 1.63. The van der Waals surface area contributed by atoms with Crippen molar-refractivity contribution < 1.29 is 24.2 Å². The van der Waals surface area contributed by atoms with Crippen molar-refractivity contribution in [3.63, 3.8) is 0 Å². The van der Waals surface area contributed by atoms with E-state index in [0.29, 0.717) is 19.1 Å². The lowest BCUT2D eigenvalue weighted by molar-refractivity contribution is -0.136. The summed E-state index contributed by atoms with van der Waals surface area (Å²) < 4.78 is 10.5. The molecule has 1 saturated carbocycles. The van der Waals surface area contributed by atoms with Crippen molar-refractivity contribution in [3.8, 4) is 0 Å². The average Bonchev–Trinajstić information content (AvgIpc) is 3.17. The second-order valence-electron chi connectivity index (χ2n) is 8.31. The van der Waals surface area contributed by atoms with Gasteiger partial charge in [-0.15, -0.1) is 0 Å². The van der Waals surface area contributed by atoms with Gasteiger partial charge in [-0.3, -0.25) is 0 Å². The van der Waals surface area contributed by atoms with Crippen LogP contribution in [0.5, 0.6) is 0 Å². The summed E-state index contributed by atoms with van der Waals surface area (Å²) in [5.41, 5.74) is 1.66. The fraction of sp³-hybridized carbons (Fsp3) is 0.700. The maximum absolute atomic E-state index is 12.2. The van der Waals surface area contributed by atoms with E-state index in [1.807, 2.05) is 0 Å². The van der Waals surface area contributed by atoms with Gasteiger partial charge in [0.05, 0.1) is 0 Å². The number of rotatable bonds is 4. The maximum Gasteiger partial charge on any atom is 0.334 e. The second-order valence-corrected chi connectivity index (χ2v) is 8.31. The van der Waals surface area contributed by atoms with Crippen molar-refractivity contribution in [2.75, 3.05) is 19.8 Å². The van der Waals surface area contributed by atoms with Crippen molar-refractivity contribution in [2.24, 2.45) is 22.7 Å². The van der Waals surface area contributed by atoms with Crippen molar-refractivity contribution in [1.82, 2.24) is 0 Å². The molecule has 1 N–H and O–H groups in total. The number of aliphatic hydroxyl groups excluding tert-OH is 1. The van der Waals surface area contributed by atoms with E-state index in [4.69, 9.17) is 9.47 Å². The highest BCUT2D eigenvalue weighted by Gasteiger charge is 2.61. The SMILES string of the molecule is C[C@@]1(CCC2=CC(=O)OC2)[C@H](CO)CC[C@]23COC(=O)C2=CCC[C@@H]31. The third-order valence-electron chi connectivity index (χ3n) is 7.28. The fourth-order valence-electron chi connectivity index (χ4n) is 5.85. The zero-order valence-corrected chi connectivity index (χ0v) is 14.8. The van der Waals surface area contributed by atoms with Gasteiger partial charge in [0.1, 0.15) is 13.2 Å². The summed E-state index contributed by atoms with van der Waals surface area (Å²) >= 11 is 0. The van der Waals surface area contributed by atoms with Crippen molar-refractivity contribution in [1.29, 1.82) is 0 Å². The van der Waals surface area contributed by atoms with Crippen LogP contribution in [0.3, 0.4) is 0 Å². The molecular formula is C20H26O5. The van der Waals surface area contributed by atoms with Gasteiger partial charge in [0, 0.05) is 23.7 Å². The Morgan fingerprint density at radius 3 is 2.84 bits per heavy atom. The molecule has 5 nitrogen and oxygen atoms in total. The largest absolute Gasteiger partial charge is 0.461 e. The van der Waals surface area contributed by atoms with Crippen LogP contribution in [-0.2, 0) is 19.1 Å². The molecule has 5 heteroatoms. The Morgan fingerprint density at radius 2 is 2.12 bits per heavy atom. The number of carbonyl (C=O) groups excluding carboxylic acids is 2. The fourth-order valence-corrected chi connectivity index (χ4v) is 5.85. The highest BCUT2D eigenvalue weighted by molar-refractivity contribution is 5.92. The molecule has 4 aliphatic rings. The number of esters is 2. The molecule has 1 saturated heterocycles. The van der Waals surface area contributed by atoms with E-state index in [9.17, 15) is 14.7 Å². The second kappa shape index (κ2) is 5.97. The number of hydrogen-bond acceptors (Lipinski definition) is 5. The number of ether oxygens (including phenoxy) is 2. The summed E-state index contributed by atoms with van der Waals surface area (Å²) in [6, 6.07) is 0. The molecule has 2 heterocycles. The minimum atomic E-state index is -0.253. The predicted octanol–water partition coefficient (Wildman–Crippen LogP) is 2.54. The van der Waals surface area contributed by atoms with E-state index < -0.39 is 0 Å². The van der Waals surface area contributed by atoms with Gasteiger partial charge >= 0.3 is 11.9 Å². The van der Waals surface area contributed by atoms with Gasteiger partial charge < -0.3 is 14.6 Å². The third kappa shape index (κ3) is 2.47. The Kier molecular flexibility index (Phi) is 4.02. The molecule has 0 amide bonds. The molecule has 0 bridgehead atoms. The molecule has 0 aromatic rings. The normalized spacial score (nSPS) is 39.9. The molecule has 1 spiro atoms. The van der Waals surface area contributed by atoms with Crippen LogP contribution in [0, 0.1) is 22.7 Å². The van der Waals surface area contributed by atoms with Gasteiger partial charge in [-0.05, 0) is 61.3 Å². The standard InChI is InChI=1S/C20H26O5/c1-19(7-5-13-9-17(22)24-11-13)14(10-21)6-8-20-12-25-18(23)15(20)3-2-4-16(19)20/h3,9,14,16,21H,2,4-8,10-12H2,1H3/t14-,16+,19+,20-/m0/s1. The number of allylic oxidation sites excluding steroid dienone is 1. The van der Waals surface area contributed by atoms with Gasteiger partial charge in [0.25, 0.3) is 0 Å². The lowest BCUT2D eigenvalue weighted by atomic mass is 9.46. The van der Waals surface area contributed by atoms with Crippen LogP contribution < -0.4 is 0 Å². The minimum absolute atomic E-state index is 0.0764. The van der Waals surface area contributed by atoms with Gasteiger partial charge in [0.2, 0.25) is 0 Å².